The highest BCUT2D eigenvalue weighted by molar-refractivity contribution is 7.80. The maximum absolute atomic E-state index is 11.9. The molecule has 1 aromatic heterocycles. The van der Waals surface area contributed by atoms with Gasteiger partial charge >= 0.3 is 5.69 Å². The molecule has 23 heavy (non-hydrogen) atoms. The summed E-state index contributed by atoms with van der Waals surface area (Å²) in [6.07, 6.45) is -2.61. The fourth-order valence-corrected chi connectivity index (χ4v) is 2.60. The molecule has 2 heterocycles. The van der Waals surface area contributed by atoms with Crippen LogP contribution in [0.3, 0.4) is 0 Å². The summed E-state index contributed by atoms with van der Waals surface area (Å²) < 4.78 is 12.3. The van der Waals surface area contributed by atoms with Crippen molar-refractivity contribution in [2.75, 3.05) is 25.5 Å². The number of nitrogens with one attached hydrogen (secondary N) is 1. The van der Waals surface area contributed by atoms with Crippen molar-refractivity contribution in [1.82, 2.24) is 9.55 Å². The molecule has 5 N–H and O–H groups in total. The van der Waals surface area contributed by atoms with Crippen molar-refractivity contribution < 1.29 is 19.7 Å². The van der Waals surface area contributed by atoms with Gasteiger partial charge in [0.05, 0.1) is 13.2 Å². The van der Waals surface area contributed by atoms with Gasteiger partial charge in [-0.3, -0.25) is 14.3 Å². The Kier molecular flexibility index (Phi) is 6.39. The normalized spacial score (nSPS) is 28.9. The van der Waals surface area contributed by atoms with Crippen LogP contribution in [0.15, 0.2) is 21.9 Å². The monoisotopic (exact) mass is 347 g/mol. The summed E-state index contributed by atoms with van der Waals surface area (Å²) in [5.74, 6) is 0.485. The van der Waals surface area contributed by atoms with Crippen LogP contribution in [0.2, 0.25) is 0 Å². The van der Waals surface area contributed by atoms with Crippen LogP contribution in [0, 0.1) is 5.92 Å². The predicted molar refractivity (Wildman–Crippen MR) is 84.5 cm³/mol. The molecule has 1 fully saturated rings. The smallest absolute Gasteiger partial charge is 0.330 e. The molecule has 0 spiro atoms. The van der Waals surface area contributed by atoms with Crippen LogP contribution in [-0.4, -0.2) is 63.6 Å². The van der Waals surface area contributed by atoms with Gasteiger partial charge in [0.25, 0.3) is 5.56 Å². The van der Waals surface area contributed by atoms with E-state index in [1.807, 2.05) is 0 Å². The van der Waals surface area contributed by atoms with Gasteiger partial charge in [-0.25, -0.2) is 4.79 Å². The third kappa shape index (κ3) is 4.03. The predicted octanol–water partition coefficient (Wildman–Crippen LogP) is -2.32. The number of hydrogen-bond donors (Lipinski definition) is 5. The van der Waals surface area contributed by atoms with Gasteiger partial charge in [-0.15, -0.1) is 0 Å². The molecule has 0 aromatic carbocycles. The summed E-state index contributed by atoms with van der Waals surface area (Å²) >= 11 is 4.16. The first-order valence-electron chi connectivity index (χ1n) is 7.20. The molecular formula is C13H21N3O6S. The number of ether oxygens (including phenoxy) is 2. The van der Waals surface area contributed by atoms with Crippen molar-refractivity contribution in [2.45, 2.75) is 24.5 Å². The number of rotatable bonds is 7. The topological polar surface area (TPSA) is 140 Å². The summed E-state index contributed by atoms with van der Waals surface area (Å²) in [5, 5.41) is 19.5. The number of aromatic amines is 1. The summed E-state index contributed by atoms with van der Waals surface area (Å²) in [6.45, 7) is 0.153. The Morgan fingerprint density at radius 3 is 2.83 bits per heavy atom. The van der Waals surface area contributed by atoms with Crippen LogP contribution in [0.4, 0.5) is 0 Å². The highest BCUT2D eigenvalue weighted by Gasteiger charge is 2.45. The fraction of sp³-hybridized carbons (Fsp3) is 0.692. The summed E-state index contributed by atoms with van der Waals surface area (Å²) in [7, 11) is 0. The number of aromatic nitrogens is 2. The lowest BCUT2D eigenvalue weighted by Gasteiger charge is -2.24. The van der Waals surface area contributed by atoms with Crippen LogP contribution in [-0.2, 0) is 9.47 Å². The lowest BCUT2D eigenvalue weighted by Crippen LogP contribution is -2.40. The third-order valence-electron chi connectivity index (χ3n) is 3.73. The van der Waals surface area contributed by atoms with Crippen molar-refractivity contribution in [3.63, 3.8) is 0 Å². The molecule has 0 bridgehead atoms. The molecule has 1 aromatic rings. The summed E-state index contributed by atoms with van der Waals surface area (Å²) in [5.41, 5.74) is 4.35. The first-order chi connectivity index (χ1) is 11.0. The van der Waals surface area contributed by atoms with Crippen molar-refractivity contribution >= 4 is 12.6 Å². The molecule has 130 valence electrons. The molecule has 1 aliphatic heterocycles. The van der Waals surface area contributed by atoms with Crippen LogP contribution >= 0.6 is 12.6 Å². The maximum atomic E-state index is 11.9. The van der Waals surface area contributed by atoms with E-state index in [1.165, 1.54) is 6.20 Å². The number of aliphatic hydroxyl groups is 2. The fourth-order valence-electron chi connectivity index (χ4n) is 2.34. The molecule has 1 aliphatic rings. The summed E-state index contributed by atoms with van der Waals surface area (Å²) in [6, 6.07) is 1.16. The van der Waals surface area contributed by atoms with Gasteiger partial charge in [-0.05, 0) is 12.3 Å². The second-order valence-electron chi connectivity index (χ2n) is 5.34. The minimum Gasteiger partial charge on any atom is -0.394 e. The average Bonchev–Trinajstić information content (AvgIpc) is 2.84. The standard InChI is InChI=1S/C13H21N3O6S/c14-3-7(6-23)5-21-11-10(19)8(4-17)22-12(11)16-2-1-9(18)15-13(16)20/h1-2,7-8,10-12,17,19,23H,3-6,14H2,(H,15,18,20)/t7?,8-,10?,11+,12-/m1/s1. The average molecular weight is 347 g/mol. The SMILES string of the molecule is NCC(CS)CO[C@H]1C(O)[C@@H](CO)O[C@H]1n1ccc(=O)[nH]c1=O. The molecule has 9 nitrogen and oxygen atoms in total. The molecule has 5 atom stereocenters. The van der Waals surface area contributed by atoms with Gasteiger partial charge in [0, 0.05) is 18.2 Å². The Bertz CT molecular complexity index is 616. The number of nitrogens with two attached hydrogens (primary N) is 1. The molecule has 2 unspecified atom stereocenters. The van der Waals surface area contributed by atoms with Gasteiger partial charge in [-0.1, -0.05) is 0 Å². The van der Waals surface area contributed by atoms with Crippen molar-refractivity contribution in [1.29, 1.82) is 0 Å². The van der Waals surface area contributed by atoms with E-state index in [2.05, 4.69) is 17.6 Å². The van der Waals surface area contributed by atoms with E-state index in [1.54, 1.807) is 0 Å². The number of nitrogens with zero attached hydrogens (tertiary/aromatic N) is 1. The number of thiol groups is 1. The van der Waals surface area contributed by atoms with Crippen LogP contribution < -0.4 is 17.0 Å². The largest absolute Gasteiger partial charge is 0.394 e. The van der Waals surface area contributed by atoms with E-state index in [0.29, 0.717) is 12.3 Å². The number of H-pyrrole nitrogens is 1. The zero-order valence-corrected chi connectivity index (χ0v) is 13.3. The van der Waals surface area contributed by atoms with Crippen molar-refractivity contribution in [2.24, 2.45) is 11.7 Å². The quantitative estimate of drug-likeness (QED) is 0.349. The maximum Gasteiger partial charge on any atom is 0.330 e. The molecule has 2 rings (SSSR count). The van der Waals surface area contributed by atoms with E-state index in [-0.39, 0.29) is 12.5 Å². The minimum absolute atomic E-state index is 0.0216. The Morgan fingerprint density at radius 2 is 2.26 bits per heavy atom. The molecule has 0 amide bonds. The van der Waals surface area contributed by atoms with E-state index < -0.39 is 42.4 Å². The Hall–Kier alpha value is -1.17. The van der Waals surface area contributed by atoms with E-state index in [9.17, 15) is 19.8 Å². The second kappa shape index (κ2) is 8.08. The third-order valence-corrected chi connectivity index (χ3v) is 4.25. The molecule has 0 radical (unpaired) electrons. The Morgan fingerprint density at radius 1 is 1.52 bits per heavy atom. The zero-order chi connectivity index (χ0) is 17.0. The zero-order valence-electron chi connectivity index (χ0n) is 12.4. The van der Waals surface area contributed by atoms with Gasteiger partial charge in [0.1, 0.15) is 18.3 Å². The first-order valence-corrected chi connectivity index (χ1v) is 7.83. The van der Waals surface area contributed by atoms with Crippen molar-refractivity contribution in [3.8, 4) is 0 Å². The molecule has 0 aliphatic carbocycles. The molecule has 1 saturated heterocycles. The van der Waals surface area contributed by atoms with E-state index in [0.717, 1.165) is 10.6 Å². The lowest BCUT2D eigenvalue weighted by molar-refractivity contribution is -0.0796. The van der Waals surface area contributed by atoms with E-state index in [4.69, 9.17) is 15.2 Å². The Balaban J connectivity index is 2.23. The van der Waals surface area contributed by atoms with Gasteiger partial charge in [0.2, 0.25) is 0 Å². The van der Waals surface area contributed by atoms with E-state index >= 15 is 0 Å². The lowest BCUT2D eigenvalue weighted by atomic mass is 10.1. The van der Waals surface area contributed by atoms with Gasteiger partial charge in [0.15, 0.2) is 6.23 Å². The summed E-state index contributed by atoms with van der Waals surface area (Å²) in [4.78, 5) is 25.2. The van der Waals surface area contributed by atoms with Gasteiger partial charge in [-0.2, -0.15) is 12.6 Å². The highest BCUT2D eigenvalue weighted by atomic mass is 32.1. The second-order valence-corrected chi connectivity index (χ2v) is 5.70. The molecular weight excluding hydrogens is 326 g/mol. The number of hydrogen-bond acceptors (Lipinski definition) is 8. The first kappa shape index (κ1) is 18.2. The molecule has 10 heteroatoms. The minimum atomic E-state index is -1.12. The van der Waals surface area contributed by atoms with Crippen LogP contribution in [0.5, 0.6) is 0 Å². The molecule has 0 saturated carbocycles. The van der Waals surface area contributed by atoms with Gasteiger partial charge < -0.3 is 25.4 Å². The van der Waals surface area contributed by atoms with Crippen LogP contribution in [0.25, 0.3) is 0 Å². The van der Waals surface area contributed by atoms with Crippen LogP contribution in [0.1, 0.15) is 6.23 Å². The highest BCUT2D eigenvalue weighted by Crippen LogP contribution is 2.30. The number of aliphatic hydroxyl groups excluding tert-OH is 2. The van der Waals surface area contributed by atoms with Crippen molar-refractivity contribution in [3.05, 3.63) is 33.1 Å². The Labute approximate surface area is 137 Å².